The van der Waals surface area contributed by atoms with Crippen LogP contribution in [-0.4, -0.2) is 69.4 Å². The molecule has 1 aliphatic heterocycles. The maximum Gasteiger partial charge on any atom is 0.139 e. The highest BCUT2D eigenvalue weighted by Crippen LogP contribution is 2.31. The minimum absolute atomic E-state index is 0. The number of methoxy groups -OCH3 is 1. The smallest absolute Gasteiger partial charge is 0.139 e. The molecule has 0 bridgehead atoms. The van der Waals surface area contributed by atoms with Crippen molar-refractivity contribution in [2.75, 3.05) is 59.6 Å². The van der Waals surface area contributed by atoms with Crippen molar-refractivity contribution in [3.05, 3.63) is 87.9 Å². The van der Waals surface area contributed by atoms with E-state index in [1.165, 1.54) is 11.1 Å². The summed E-state index contributed by atoms with van der Waals surface area (Å²) >= 11 is 12.3. The maximum atomic E-state index is 6.20. The summed E-state index contributed by atoms with van der Waals surface area (Å²) in [6.07, 6.45) is 2.91. The first kappa shape index (κ1) is 33.3. The van der Waals surface area contributed by atoms with Crippen LogP contribution in [0.1, 0.15) is 17.5 Å². The second kappa shape index (κ2) is 17.8. The van der Waals surface area contributed by atoms with E-state index in [1.54, 1.807) is 13.2 Å². The zero-order valence-corrected chi connectivity index (χ0v) is 25.5. The number of ether oxygens (including phenoxy) is 3. The van der Waals surface area contributed by atoms with E-state index in [2.05, 4.69) is 40.1 Å². The van der Waals surface area contributed by atoms with Crippen molar-refractivity contribution in [3.63, 3.8) is 0 Å². The summed E-state index contributed by atoms with van der Waals surface area (Å²) in [6, 6.07) is 22.1. The fourth-order valence-electron chi connectivity index (χ4n) is 4.55. The lowest BCUT2D eigenvalue weighted by atomic mass is 10.0. The molecule has 1 aliphatic rings. The first-order valence-corrected chi connectivity index (χ1v) is 13.7. The second-order valence-corrected chi connectivity index (χ2v) is 10.0. The number of rotatable bonds is 13. The Balaban J connectivity index is 0.00000267. The number of piperazine rings is 1. The van der Waals surface area contributed by atoms with Crippen molar-refractivity contribution in [1.29, 1.82) is 0 Å². The summed E-state index contributed by atoms with van der Waals surface area (Å²) in [7, 11) is 1.71. The Morgan fingerprint density at radius 1 is 0.718 bits per heavy atom. The predicted octanol–water partition coefficient (Wildman–Crippen LogP) is 7.10. The maximum absolute atomic E-state index is 6.20. The molecule has 0 spiro atoms. The molecule has 0 amide bonds. The molecule has 3 aromatic rings. The molecule has 1 fully saturated rings. The van der Waals surface area contributed by atoms with E-state index in [4.69, 9.17) is 37.4 Å². The molecule has 0 saturated carbocycles. The van der Waals surface area contributed by atoms with Gasteiger partial charge in [0.15, 0.2) is 0 Å². The molecular formula is C30H38Cl4N2O3. The predicted molar refractivity (Wildman–Crippen MR) is 166 cm³/mol. The lowest BCUT2D eigenvalue weighted by Crippen LogP contribution is -2.47. The topological polar surface area (TPSA) is 34.2 Å². The third-order valence-electron chi connectivity index (χ3n) is 6.71. The molecule has 9 heteroatoms. The van der Waals surface area contributed by atoms with Gasteiger partial charge in [-0.1, -0.05) is 59.6 Å². The minimum Gasteiger partial charge on any atom is -0.497 e. The van der Waals surface area contributed by atoms with Crippen LogP contribution >= 0.6 is 48.0 Å². The highest BCUT2D eigenvalue weighted by atomic mass is 35.5. The van der Waals surface area contributed by atoms with Gasteiger partial charge in [0.2, 0.25) is 0 Å². The molecule has 0 N–H and O–H groups in total. The Morgan fingerprint density at radius 2 is 1.38 bits per heavy atom. The Labute approximate surface area is 255 Å². The molecule has 0 radical (unpaired) electrons. The van der Waals surface area contributed by atoms with Gasteiger partial charge in [-0.15, -0.1) is 24.8 Å². The van der Waals surface area contributed by atoms with Gasteiger partial charge in [-0.05, 0) is 60.7 Å². The SMILES string of the molecule is COc1cccc(CCc2ccccc2OCCCN2CCN(CCOc3cccc(Cl)c3Cl)CC2)c1.Cl.Cl. The monoisotopic (exact) mass is 614 g/mol. The van der Waals surface area contributed by atoms with E-state index >= 15 is 0 Å². The van der Waals surface area contributed by atoms with Crippen LogP contribution in [0.2, 0.25) is 10.0 Å². The van der Waals surface area contributed by atoms with Crippen LogP contribution in [0, 0.1) is 0 Å². The average molecular weight is 616 g/mol. The van der Waals surface area contributed by atoms with Gasteiger partial charge in [0, 0.05) is 39.3 Å². The molecule has 214 valence electrons. The van der Waals surface area contributed by atoms with Gasteiger partial charge in [-0.2, -0.15) is 0 Å². The largest absolute Gasteiger partial charge is 0.497 e. The Hall–Kier alpha value is -1.86. The standard InChI is InChI=1S/C30H36Cl2N2O3.2ClH/c1-35-26-9-4-7-24(23-26)13-14-25-8-2-3-11-28(25)36-21-6-15-33-16-18-34(19-17-33)20-22-37-29-12-5-10-27(31)30(29)32;;/h2-5,7-12,23H,6,13-22H2,1H3;2*1H. The first-order valence-electron chi connectivity index (χ1n) is 13.0. The van der Waals surface area contributed by atoms with E-state index in [9.17, 15) is 0 Å². The van der Waals surface area contributed by atoms with Crippen molar-refractivity contribution >= 4 is 48.0 Å². The van der Waals surface area contributed by atoms with Crippen molar-refractivity contribution in [3.8, 4) is 17.2 Å². The lowest BCUT2D eigenvalue weighted by Gasteiger charge is -2.34. The average Bonchev–Trinajstić information content (AvgIpc) is 2.93. The number of para-hydroxylation sites is 1. The molecule has 0 atom stereocenters. The molecule has 39 heavy (non-hydrogen) atoms. The van der Waals surface area contributed by atoms with Crippen molar-refractivity contribution in [2.24, 2.45) is 0 Å². The Kier molecular flexibility index (Phi) is 15.2. The molecule has 1 saturated heterocycles. The zero-order chi connectivity index (χ0) is 25.9. The van der Waals surface area contributed by atoms with Crippen LogP contribution in [0.5, 0.6) is 17.2 Å². The summed E-state index contributed by atoms with van der Waals surface area (Å²) < 4.78 is 17.4. The summed E-state index contributed by atoms with van der Waals surface area (Å²) in [5, 5.41) is 1.00. The van der Waals surface area contributed by atoms with Gasteiger partial charge < -0.3 is 19.1 Å². The van der Waals surface area contributed by atoms with Gasteiger partial charge in [0.25, 0.3) is 0 Å². The van der Waals surface area contributed by atoms with Crippen molar-refractivity contribution < 1.29 is 14.2 Å². The van der Waals surface area contributed by atoms with E-state index in [0.717, 1.165) is 76.6 Å². The van der Waals surface area contributed by atoms with Gasteiger partial charge in [-0.25, -0.2) is 0 Å². The Bertz CT molecular complexity index is 1130. The summed E-state index contributed by atoms with van der Waals surface area (Å²) in [5.41, 5.74) is 2.52. The third-order valence-corrected chi connectivity index (χ3v) is 7.51. The van der Waals surface area contributed by atoms with Crippen LogP contribution in [0.4, 0.5) is 0 Å². The molecule has 3 aromatic carbocycles. The number of halogens is 4. The minimum atomic E-state index is 0. The fourth-order valence-corrected chi connectivity index (χ4v) is 4.89. The second-order valence-electron chi connectivity index (χ2n) is 9.24. The van der Waals surface area contributed by atoms with Crippen molar-refractivity contribution in [1.82, 2.24) is 9.80 Å². The number of nitrogens with zero attached hydrogens (tertiary/aromatic N) is 2. The molecule has 4 rings (SSSR count). The van der Waals surface area contributed by atoms with Gasteiger partial charge >= 0.3 is 0 Å². The highest BCUT2D eigenvalue weighted by Gasteiger charge is 2.17. The van der Waals surface area contributed by atoms with Crippen molar-refractivity contribution in [2.45, 2.75) is 19.3 Å². The van der Waals surface area contributed by atoms with E-state index in [-0.39, 0.29) is 24.8 Å². The summed E-state index contributed by atoms with van der Waals surface area (Å²) in [6.45, 7) is 7.47. The Morgan fingerprint density at radius 3 is 2.15 bits per heavy atom. The zero-order valence-electron chi connectivity index (χ0n) is 22.3. The van der Waals surface area contributed by atoms with Crippen LogP contribution in [0.3, 0.4) is 0 Å². The molecule has 0 aliphatic carbocycles. The van der Waals surface area contributed by atoms with Crippen LogP contribution in [0.15, 0.2) is 66.7 Å². The fraction of sp³-hybridized carbons (Fsp3) is 0.400. The number of aryl methyl sites for hydroxylation is 2. The lowest BCUT2D eigenvalue weighted by molar-refractivity contribution is 0.112. The summed E-state index contributed by atoms with van der Waals surface area (Å²) in [4.78, 5) is 4.95. The van der Waals surface area contributed by atoms with E-state index in [0.29, 0.717) is 22.4 Å². The van der Waals surface area contributed by atoms with E-state index in [1.807, 2.05) is 30.3 Å². The first-order chi connectivity index (χ1) is 18.1. The number of hydrogen-bond donors (Lipinski definition) is 0. The normalized spacial score (nSPS) is 13.7. The van der Waals surface area contributed by atoms with E-state index < -0.39 is 0 Å². The molecule has 1 heterocycles. The molecule has 0 unspecified atom stereocenters. The van der Waals surface area contributed by atoms with Gasteiger partial charge in [-0.3, -0.25) is 4.90 Å². The van der Waals surface area contributed by atoms with Gasteiger partial charge in [0.05, 0.1) is 18.7 Å². The van der Waals surface area contributed by atoms with Crippen LogP contribution in [-0.2, 0) is 12.8 Å². The number of benzene rings is 3. The molecular weight excluding hydrogens is 578 g/mol. The highest BCUT2D eigenvalue weighted by molar-refractivity contribution is 6.42. The quantitative estimate of drug-likeness (QED) is 0.192. The third kappa shape index (κ3) is 10.6. The molecule has 5 nitrogen and oxygen atoms in total. The van der Waals surface area contributed by atoms with Gasteiger partial charge in [0.1, 0.15) is 28.9 Å². The number of hydrogen-bond acceptors (Lipinski definition) is 5. The van der Waals surface area contributed by atoms with Crippen LogP contribution < -0.4 is 14.2 Å². The summed E-state index contributed by atoms with van der Waals surface area (Å²) in [5.74, 6) is 2.54. The molecule has 0 aromatic heterocycles. The van der Waals surface area contributed by atoms with Crippen LogP contribution in [0.25, 0.3) is 0 Å².